The van der Waals surface area contributed by atoms with Gasteiger partial charge < -0.3 is 15.7 Å². The van der Waals surface area contributed by atoms with Gasteiger partial charge in [-0.1, -0.05) is 25.7 Å². The molecule has 0 bridgehead atoms. The summed E-state index contributed by atoms with van der Waals surface area (Å²) in [5.41, 5.74) is 0. The summed E-state index contributed by atoms with van der Waals surface area (Å²) in [5.74, 6) is 1.08. The van der Waals surface area contributed by atoms with Crippen LogP contribution in [0.3, 0.4) is 0 Å². The van der Waals surface area contributed by atoms with E-state index in [2.05, 4.69) is 17.6 Å². The molecular weight excluding hydrogens is 252 g/mol. The first-order valence-corrected chi connectivity index (χ1v) is 8.37. The molecule has 4 heteroatoms. The molecule has 0 aromatic carbocycles. The molecule has 2 aliphatic carbocycles. The number of aliphatic hydroxyl groups is 1. The third-order valence-corrected chi connectivity index (χ3v) is 5.02. The number of amides is 2. The summed E-state index contributed by atoms with van der Waals surface area (Å²) < 4.78 is 0. The molecule has 0 aromatic heterocycles. The zero-order chi connectivity index (χ0) is 14.4. The third-order valence-electron chi connectivity index (χ3n) is 5.02. The van der Waals surface area contributed by atoms with E-state index in [1.807, 2.05) is 0 Å². The van der Waals surface area contributed by atoms with E-state index in [-0.39, 0.29) is 18.2 Å². The minimum absolute atomic E-state index is 0.0388. The minimum atomic E-state index is -0.167. The van der Waals surface area contributed by atoms with Crippen LogP contribution in [0.5, 0.6) is 0 Å². The summed E-state index contributed by atoms with van der Waals surface area (Å²) >= 11 is 0. The van der Waals surface area contributed by atoms with Gasteiger partial charge in [-0.05, 0) is 50.9 Å². The summed E-state index contributed by atoms with van der Waals surface area (Å²) in [6.07, 6.45) is 10.2. The Balaban J connectivity index is 1.64. The second-order valence-electron chi connectivity index (χ2n) is 6.73. The SMILES string of the molecule is CC(NC(=O)NCC1CCCC(O)C1)C1CCCCC1. The van der Waals surface area contributed by atoms with Gasteiger partial charge in [-0.25, -0.2) is 4.79 Å². The fraction of sp³-hybridized carbons (Fsp3) is 0.938. The topological polar surface area (TPSA) is 61.4 Å². The lowest BCUT2D eigenvalue weighted by Crippen LogP contribution is -2.46. The molecule has 3 N–H and O–H groups in total. The zero-order valence-electron chi connectivity index (χ0n) is 12.7. The van der Waals surface area contributed by atoms with E-state index in [1.54, 1.807) is 0 Å². The molecule has 2 saturated carbocycles. The Bertz CT molecular complexity index is 303. The predicted octanol–water partition coefficient (Wildman–Crippen LogP) is 2.81. The fourth-order valence-corrected chi connectivity index (χ4v) is 3.69. The molecule has 3 unspecified atom stereocenters. The van der Waals surface area contributed by atoms with Crippen LogP contribution in [-0.2, 0) is 0 Å². The van der Waals surface area contributed by atoms with Crippen molar-refractivity contribution < 1.29 is 9.90 Å². The van der Waals surface area contributed by atoms with Crippen molar-refractivity contribution in [2.24, 2.45) is 11.8 Å². The average Bonchev–Trinajstić information content (AvgIpc) is 2.46. The largest absolute Gasteiger partial charge is 0.393 e. The second-order valence-corrected chi connectivity index (χ2v) is 6.73. The molecule has 116 valence electrons. The Morgan fingerprint density at radius 1 is 1.15 bits per heavy atom. The van der Waals surface area contributed by atoms with Crippen molar-refractivity contribution >= 4 is 6.03 Å². The number of urea groups is 1. The van der Waals surface area contributed by atoms with Gasteiger partial charge in [-0.15, -0.1) is 0 Å². The van der Waals surface area contributed by atoms with Crippen LogP contribution in [0, 0.1) is 11.8 Å². The molecule has 2 aliphatic rings. The Morgan fingerprint density at radius 3 is 2.60 bits per heavy atom. The maximum atomic E-state index is 11.9. The highest BCUT2D eigenvalue weighted by atomic mass is 16.3. The van der Waals surface area contributed by atoms with Gasteiger partial charge in [0.2, 0.25) is 0 Å². The summed E-state index contributed by atoms with van der Waals surface area (Å²) in [7, 11) is 0. The van der Waals surface area contributed by atoms with Gasteiger partial charge >= 0.3 is 6.03 Å². The first-order chi connectivity index (χ1) is 9.65. The predicted molar refractivity (Wildman–Crippen MR) is 80.5 cm³/mol. The Kier molecular flexibility index (Phi) is 6.14. The van der Waals surface area contributed by atoms with Gasteiger partial charge in [0, 0.05) is 12.6 Å². The van der Waals surface area contributed by atoms with Gasteiger partial charge in [-0.3, -0.25) is 0 Å². The highest BCUT2D eigenvalue weighted by Gasteiger charge is 2.23. The molecule has 0 heterocycles. The lowest BCUT2D eigenvalue weighted by molar-refractivity contribution is 0.101. The maximum absolute atomic E-state index is 11.9. The van der Waals surface area contributed by atoms with Crippen molar-refractivity contribution in [3.05, 3.63) is 0 Å². The molecule has 4 nitrogen and oxygen atoms in total. The van der Waals surface area contributed by atoms with E-state index in [1.165, 1.54) is 32.1 Å². The van der Waals surface area contributed by atoms with Crippen LogP contribution in [0.2, 0.25) is 0 Å². The quantitative estimate of drug-likeness (QED) is 0.742. The maximum Gasteiger partial charge on any atom is 0.315 e. The monoisotopic (exact) mass is 282 g/mol. The molecule has 3 atom stereocenters. The smallest absolute Gasteiger partial charge is 0.315 e. The lowest BCUT2D eigenvalue weighted by atomic mass is 9.84. The standard InChI is InChI=1S/C16H30N2O2/c1-12(14-7-3-2-4-8-14)18-16(20)17-11-13-6-5-9-15(19)10-13/h12-15,19H,2-11H2,1H3,(H2,17,18,20). The number of aliphatic hydroxyl groups excluding tert-OH is 1. The van der Waals surface area contributed by atoms with Crippen LogP contribution in [-0.4, -0.2) is 29.8 Å². The second kappa shape index (κ2) is 7.87. The van der Waals surface area contributed by atoms with Gasteiger partial charge in [0.1, 0.15) is 0 Å². The lowest BCUT2D eigenvalue weighted by Gasteiger charge is -2.29. The Hall–Kier alpha value is -0.770. The first-order valence-electron chi connectivity index (χ1n) is 8.37. The van der Waals surface area contributed by atoms with E-state index in [9.17, 15) is 9.90 Å². The highest BCUT2D eigenvalue weighted by molar-refractivity contribution is 5.74. The van der Waals surface area contributed by atoms with Crippen LogP contribution in [0.15, 0.2) is 0 Å². The third kappa shape index (κ3) is 4.97. The molecule has 0 spiro atoms. The summed E-state index contributed by atoms with van der Waals surface area (Å²) in [6.45, 7) is 2.82. The number of carbonyl (C=O) groups excluding carboxylic acids is 1. The molecule has 2 fully saturated rings. The number of rotatable bonds is 4. The van der Waals surface area contributed by atoms with Gasteiger partial charge in [0.05, 0.1) is 6.10 Å². The van der Waals surface area contributed by atoms with Crippen molar-refractivity contribution in [2.75, 3.05) is 6.54 Å². The Morgan fingerprint density at radius 2 is 1.90 bits per heavy atom. The van der Waals surface area contributed by atoms with Crippen LogP contribution in [0.4, 0.5) is 4.79 Å². The number of hydrogen-bond acceptors (Lipinski definition) is 2. The molecule has 0 saturated heterocycles. The van der Waals surface area contributed by atoms with E-state index in [4.69, 9.17) is 0 Å². The normalized spacial score (nSPS) is 29.7. The summed E-state index contributed by atoms with van der Waals surface area (Å²) in [5, 5.41) is 15.7. The van der Waals surface area contributed by atoms with E-state index >= 15 is 0 Å². The minimum Gasteiger partial charge on any atom is -0.393 e. The van der Waals surface area contributed by atoms with Gasteiger partial charge in [0.25, 0.3) is 0 Å². The van der Waals surface area contributed by atoms with E-state index in [0.29, 0.717) is 18.4 Å². The molecular formula is C16H30N2O2. The van der Waals surface area contributed by atoms with Crippen LogP contribution < -0.4 is 10.6 Å². The first kappa shape index (κ1) is 15.6. The van der Waals surface area contributed by atoms with Gasteiger partial charge in [0.15, 0.2) is 0 Å². The number of hydrogen-bond donors (Lipinski definition) is 3. The van der Waals surface area contributed by atoms with Gasteiger partial charge in [-0.2, -0.15) is 0 Å². The number of nitrogens with one attached hydrogen (secondary N) is 2. The molecule has 2 rings (SSSR count). The van der Waals surface area contributed by atoms with Crippen molar-refractivity contribution in [1.82, 2.24) is 10.6 Å². The molecule has 0 radical (unpaired) electrons. The summed E-state index contributed by atoms with van der Waals surface area (Å²) in [4.78, 5) is 11.9. The van der Waals surface area contributed by atoms with E-state index < -0.39 is 0 Å². The molecule has 0 aliphatic heterocycles. The van der Waals surface area contributed by atoms with Crippen molar-refractivity contribution in [1.29, 1.82) is 0 Å². The molecule has 20 heavy (non-hydrogen) atoms. The number of carbonyl (C=O) groups is 1. The van der Waals surface area contributed by atoms with E-state index in [0.717, 1.165) is 25.7 Å². The molecule has 2 amide bonds. The van der Waals surface area contributed by atoms with Crippen LogP contribution in [0.1, 0.15) is 64.7 Å². The fourth-order valence-electron chi connectivity index (χ4n) is 3.69. The molecule has 0 aromatic rings. The van der Waals surface area contributed by atoms with Crippen molar-refractivity contribution in [3.8, 4) is 0 Å². The Labute approximate surface area is 122 Å². The average molecular weight is 282 g/mol. The highest BCUT2D eigenvalue weighted by Crippen LogP contribution is 2.26. The zero-order valence-corrected chi connectivity index (χ0v) is 12.7. The van der Waals surface area contributed by atoms with Crippen molar-refractivity contribution in [3.63, 3.8) is 0 Å². The van der Waals surface area contributed by atoms with Crippen molar-refractivity contribution in [2.45, 2.75) is 76.9 Å². The summed E-state index contributed by atoms with van der Waals surface area (Å²) in [6, 6.07) is 0.232. The van der Waals surface area contributed by atoms with Crippen LogP contribution >= 0.6 is 0 Å². The van der Waals surface area contributed by atoms with Crippen LogP contribution in [0.25, 0.3) is 0 Å².